The van der Waals surface area contributed by atoms with Crippen molar-refractivity contribution in [2.24, 2.45) is 0 Å². The number of hydrogen-bond donors (Lipinski definition) is 1. The van der Waals surface area contributed by atoms with Crippen molar-refractivity contribution in [1.82, 2.24) is 4.98 Å². The monoisotopic (exact) mass is 254 g/mol. The van der Waals surface area contributed by atoms with Gasteiger partial charge in [-0.3, -0.25) is 0 Å². The number of nitrogens with one attached hydrogen (secondary N) is 1. The average Bonchev–Trinajstić information content (AvgIpc) is 2.14. The van der Waals surface area contributed by atoms with Crippen LogP contribution >= 0.6 is 0 Å². The number of aromatic amines is 1. The van der Waals surface area contributed by atoms with Gasteiger partial charge in [-0.25, -0.2) is 4.79 Å². The highest BCUT2D eigenvalue weighted by Crippen LogP contribution is 2.36. The molecule has 7 nitrogen and oxygen atoms in total. The van der Waals surface area contributed by atoms with Gasteiger partial charge in [-0.15, -0.1) is 13.2 Å². The van der Waals surface area contributed by atoms with Crippen molar-refractivity contribution < 1.29 is 27.6 Å². The Morgan fingerprint density at radius 1 is 1.47 bits per heavy atom. The van der Waals surface area contributed by atoms with Gasteiger partial charge in [0.05, 0.1) is 13.2 Å². The summed E-state index contributed by atoms with van der Waals surface area (Å²) < 4.78 is 43.7. The van der Waals surface area contributed by atoms with Crippen LogP contribution < -0.4 is 15.0 Å². The van der Waals surface area contributed by atoms with Crippen molar-refractivity contribution in [3.63, 3.8) is 0 Å². The summed E-state index contributed by atoms with van der Waals surface area (Å²) in [5.74, 6) is -2.90. The Morgan fingerprint density at radius 2 is 2.06 bits per heavy atom. The van der Waals surface area contributed by atoms with E-state index in [0.29, 0.717) is 6.07 Å². The van der Waals surface area contributed by atoms with Crippen molar-refractivity contribution in [3.05, 3.63) is 26.5 Å². The normalized spacial score (nSPS) is 11.1. The van der Waals surface area contributed by atoms with Gasteiger partial charge < -0.3 is 19.6 Å². The molecular weight excluding hydrogens is 249 g/mol. The number of H-pyrrole nitrogens is 1. The molecule has 1 N–H and O–H groups in total. The number of alkyl halides is 3. The van der Waals surface area contributed by atoms with Crippen LogP contribution in [0, 0.1) is 10.1 Å². The second-order valence-electron chi connectivity index (χ2n) is 2.68. The lowest BCUT2D eigenvalue weighted by Crippen LogP contribution is -2.20. The van der Waals surface area contributed by atoms with Gasteiger partial charge in [0.15, 0.2) is 5.75 Å². The number of rotatable bonds is 3. The average molecular weight is 254 g/mol. The quantitative estimate of drug-likeness (QED) is 0.645. The fourth-order valence-corrected chi connectivity index (χ4v) is 1.04. The topological polar surface area (TPSA) is 94.5 Å². The van der Waals surface area contributed by atoms with Crippen LogP contribution in [0.4, 0.5) is 19.0 Å². The first-order chi connectivity index (χ1) is 7.74. The fraction of sp³-hybridized carbons (Fsp3) is 0.286. The number of nitro groups is 1. The van der Waals surface area contributed by atoms with Crippen molar-refractivity contribution in [1.29, 1.82) is 0 Å². The lowest BCUT2D eigenvalue weighted by molar-refractivity contribution is -0.390. The molecule has 0 aliphatic heterocycles. The van der Waals surface area contributed by atoms with Gasteiger partial charge in [-0.2, -0.15) is 4.98 Å². The van der Waals surface area contributed by atoms with E-state index in [1.165, 1.54) is 0 Å². The highest BCUT2D eigenvalue weighted by Gasteiger charge is 2.35. The maximum atomic E-state index is 12.0. The molecule has 1 aromatic rings. The highest BCUT2D eigenvalue weighted by molar-refractivity contribution is 5.50. The molecule has 0 atom stereocenters. The Balaban J connectivity index is 3.38. The first kappa shape index (κ1) is 12.8. The van der Waals surface area contributed by atoms with E-state index in [2.05, 4.69) is 9.47 Å². The zero-order valence-electron chi connectivity index (χ0n) is 8.20. The molecule has 10 heteroatoms. The smallest absolute Gasteiger partial charge is 0.487 e. The number of aromatic nitrogens is 1. The van der Waals surface area contributed by atoms with Crippen molar-refractivity contribution in [3.8, 4) is 11.5 Å². The summed E-state index contributed by atoms with van der Waals surface area (Å²) >= 11 is 0. The van der Waals surface area contributed by atoms with Gasteiger partial charge in [0.2, 0.25) is 0 Å². The summed E-state index contributed by atoms with van der Waals surface area (Å²) in [6, 6.07) is 0.402. The molecule has 1 heterocycles. The molecule has 0 saturated carbocycles. The van der Waals surface area contributed by atoms with Gasteiger partial charge >= 0.3 is 17.7 Å². The minimum absolute atomic E-state index is 0.402. The van der Waals surface area contributed by atoms with Crippen LogP contribution in [0.5, 0.6) is 11.5 Å². The first-order valence-corrected chi connectivity index (χ1v) is 3.96. The summed E-state index contributed by atoms with van der Waals surface area (Å²) in [5.41, 5.74) is -1.11. The predicted octanol–water partition coefficient (Wildman–Crippen LogP) is 1.19. The van der Waals surface area contributed by atoms with E-state index in [-0.39, 0.29) is 0 Å². The van der Waals surface area contributed by atoms with Gasteiger partial charge in [0, 0.05) is 0 Å². The molecule has 0 aliphatic rings. The number of hydrogen-bond acceptors (Lipinski definition) is 5. The lowest BCUT2D eigenvalue weighted by atomic mass is 10.4. The van der Waals surface area contributed by atoms with Gasteiger partial charge in [0.1, 0.15) is 0 Å². The summed E-state index contributed by atoms with van der Waals surface area (Å²) in [6.45, 7) is 0. The van der Waals surface area contributed by atoms with E-state index < -0.39 is 34.2 Å². The highest BCUT2D eigenvalue weighted by atomic mass is 19.4. The third-order valence-corrected chi connectivity index (χ3v) is 1.56. The standard InChI is InChI=1S/C7H5F3N2O5/c1-16-5-3(17-7(8,9)10)2-4(13)11-6(5)12(14)15/h2H,1H3,(H,11,13). The lowest BCUT2D eigenvalue weighted by Gasteiger charge is -2.11. The summed E-state index contributed by atoms with van der Waals surface area (Å²) in [5, 5.41) is 10.5. The van der Waals surface area contributed by atoms with Crippen LogP contribution in [0.15, 0.2) is 10.9 Å². The Bertz CT molecular complexity index is 495. The van der Waals surface area contributed by atoms with Crippen LogP contribution in [-0.2, 0) is 0 Å². The van der Waals surface area contributed by atoms with Gasteiger partial charge in [0.25, 0.3) is 5.75 Å². The third-order valence-electron chi connectivity index (χ3n) is 1.56. The maximum Gasteiger partial charge on any atom is 0.573 e. The van der Waals surface area contributed by atoms with E-state index in [4.69, 9.17) is 0 Å². The summed E-state index contributed by atoms with van der Waals surface area (Å²) in [4.78, 5) is 22.0. The third kappa shape index (κ3) is 3.09. The number of ether oxygens (including phenoxy) is 2. The van der Waals surface area contributed by atoms with Crippen molar-refractivity contribution in [2.75, 3.05) is 7.11 Å². The number of pyridine rings is 1. The van der Waals surface area contributed by atoms with Crippen LogP contribution in [0.3, 0.4) is 0 Å². The largest absolute Gasteiger partial charge is 0.573 e. The summed E-state index contributed by atoms with van der Waals surface area (Å²) in [7, 11) is 0.907. The van der Waals surface area contributed by atoms with E-state index in [0.717, 1.165) is 7.11 Å². The predicted molar refractivity (Wildman–Crippen MR) is 47.0 cm³/mol. The van der Waals surface area contributed by atoms with Gasteiger partial charge in [-0.1, -0.05) is 0 Å². The van der Waals surface area contributed by atoms with Crippen LogP contribution in [0.1, 0.15) is 0 Å². The SMILES string of the molecule is COc1c(OC(F)(F)F)cc(=O)[nH]c1[N+](=O)[O-]. The van der Waals surface area contributed by atoms with E-state index >= 15 is 0 Å². The van der Waals surface area contributed by atoms with E-state index in [9.17, 15) is 28.1 Å². The number of halogens is 3. The van der Waals surface area contributed by atoms with Crippen LogP contribution in [-0.4, -0.2) is 23.4 Å². The van der Waals surface area contributed by atoms with E-state index in [1.54, 1.807) is 4.98 Å². The molecule has 17 heavy (non-hydrogen) atoms. The molecule has 0 amide bonds. The molecule has 0 saturated heterocycles. The molecule has 0 unspecified atom stereocenters. The number of methoxy groups -OCH3 is 1. The van der Waals surface area contributed by atoms with E-state index in [1.807, 2.05) is 0 Å². The second-order valence-corrected chi connectivity index (χ2v) is 2.68. The van der Waals surface area contributed by atoms with Crippen LogP contribution in [0.2, 0.25) is 0 Å². The minimum atomic E-state index is -5.09. The molecular formula is C7H5F3N2O5. The Labute approximate surface area is 90.9 Å². The molecule has 1 aromatic heterocycles. The zero-order chi connectivity index (χ0) is 13.2. The minimum Gasteiger partial charge on any atom is -0.487 e. The zero-order valence-corrected chi connectivity index (χ0v) is 8.20. The molecule has 0 radical (unpaired) electrons. The first-order valence-electron chi connectivity index (χ1n) is 3.96. The summed E-state index contributed by atoms with van der Waals surface area (Å²) in [6.07, 6.45) is -5.09. The molecule has 0 spiro atoms. The van der Waals surface area contributed by atoms with Crippen molar-refractivity contribution in [2.45, 2.75) is 6.36 Å². The molecule has 0 aliphatic carbocycles. The molecule has 0 fully saturated rings. The Morgan fingerprint density at radius 3 is 2.47 bits per heavy atom. The molecule has 94 valence electrons. The van der Waals surface area contributed by atoms with Crippen LogP contribution in [0.25, 0.3) is 0 Å². The molecule has 0 aromatic carbocycles. The number of nitrogens with zero attached hydrogens (tertiary/aromatic N) is 1. The second kappa shape index (κ2) is 4.31. The van der Waals surface area contributed by atoms with Crippen molar-refractivity contribution >= 4 is 5.82 Å². The molecule has 1 rings (SSSR count). The molecule has 0 bridgehead atoms. The van der Waals surface area contributed by atoms with Gasteiger partial charge in [-0.05, 0) is 4.92 Å². The Kier molecular flexibility index (Phi) is 3.25. The fourth-order valence-electron chi connectivity index (χ4n) is 1.04. The Hall–Kier alpha value is -2.26. The maximum absolute atomic E-state index is 12.0.